The summed E-state index contributed by atoms with van der Waals surface area (Å²) < 4.78 is 27.1. The van der Waals surface area contributed by atoms with E-state index in [0.717, 1.165) is 20.3 Å². The van der Waals surface area contributed by atoms with E-state index in [2.05, 4.69) is 61.6 Å². The normalized spacial score (nSPS) is 21.6. The first-order valence-corrected chi connectivity index (χ1v) is 14.6. The quantitative estimate of drug-likeness (QED) is 0.368. The highest BCUT2D eigenvalue weighted by molar-refractivity contribution is 7.89. The lowest BCUT2D eigenvalue weighted by Gasteiger charge is -2.22. The largest absolute Gasteiger partial charge is 0.480 e. The number of carboxylic acids is 1. The molecule has 3 unspecified atom stereocenters. The predicted octanol–water partition coefficient (Wildman–Crippen LogP) is 6.71. The topological polar surface area (TPSA) is 74.7 Å². The van der Waals surface area contributed by atoms with Gasteiger partial charge in [0.1, 0.15) is 6.04 Å². The van der Waals surface area contributed by atoms with Crippen molar-refractivity contribution in [3.8, 4) is 10.4 Å². The fourth-order valence-corrected chi connectivity index (χ4v) is 8.42. The van der Waals surface area contributed by atoms with Gasteiger partial charge in [-0.1, -0.05) is 98.8 Å². The van der Waals surface area contributed by atoms with Gasteiger partial charge < -0.3 is 5.11 Å². The lowest BCUT2D eigenvalue weighted by Crippen LogP contribution is -2.40. The van der Waals surface area contributed by atoms with Crippen LogP contribution < -0.4 is 0 Å². The lowest BCUT2D eigenvalue weighted by molar-refractivity contribution is -0.141. The molecule has 5 rings (SSSR count). The van der Waals surface area contributed by atoms with Gasteiger partial charge in [-0.05, 0) is 40.7 Å². The van der Waals surface area contributed by atoms with E-state index in [9.17, 15) is 18.3 Å². The van der Waals surface area contributed by atoms with Gasteiger partial charge in [-0.25, -0.2) is 8.42 Å². The zero-order valence-electron chi connectivity index (χ0n) is 20.7. The number of carbonyl (C=O) groups is 1. The van der Waals surface area contributed by atoms with Crippen LogP contribution in [0.4, 0.5) is 0 Å². The third-order valence-corrected chi connectivity index (χ3v) is 10.3. The van der Waals surface area contributed by atoms with Gasteiger partial charge in [0, 0.05) is 15.7 Å². The molecule has 2 heterocycles. The second kappa shape index (κ2) is 10.2. The molecule has 0 saturated heterocycles. The van der Waals surface area contributed by atoms with E-state index in [-0.39, 0.29) is 17.9 Å². The summed E-state index contributed by atoms with van der Waals surface area (Å²) in [6.45, 7) is 4.04. The predicted molar refractivity (Wildman–Crippen MR) is 149 cm³/mol. The summed E-state index contributed by atoms with van der Waals surface area (Å²) in [5, 5.41) is 9.42. The fraction of sp³-hybridized carbons (Fsp3) is 0.233. The SMILES string of the molecule is CCC(C(=O)O)N1Cc2sc(-c3ccc(/C=C/C4=CC(C)C(c5ccccc5)C=C4)cc3)cc2S1(=O)=O. The van der Waals surface area contributed by atoms with Gasteiger partial charge in [0.15, 0.2) is 0 Å². The first-order valence-electron chi connectivity index (χ1n) is 12.4. The van der Waals surface area contributed by atoms with Crippen molar-refractivity contribution in [3.63, 3.8) is 0 Å². The number of aliphatic carboxylic acids is 1. The minimum Gasteiger partial charge on any atom is -0.480 e. The molecule has 0 fully saturated rings. The minimum atomic E-state index is -3.81. The van der Waals surface area contributed by atoms with Crippen molar-refractivity contribution in [2.24, 2.45) is 5.92 Å². The highest BCUT2D eigenvalue weighted by atomic mass is 32.2. The van der Waals surface area contributed by atoms with Gasteiger partial charge in [-0.2, -0.15) is 4.31 Å². The molecule has 1 aliphatic carbocycles. The van der Waals surface area contributed by atoms with Crippen molar-refractivity contribution in [1.29, 1.82) is 0 Å². The van der Waals surface area contributed by atoms with Crippen LogP contribution in [0.25, 0.3) is 16.5 Å². The Morgan fingerprint density at radius 3 is 2.49 bits per heavy atom. The van der Waals surface area contributed by atoms with Crippen LogP contribution in [-0.2, 0) is 21.4 Å². The van der Waals surface area contributed by atoms with Crippen LogP contribution in [0.1, 0.15) is 42.2 Å². The number of thiophene rings is 1. The zero-order chi connectivity index (χ0) is 26.2. The number of hydrogen-bond donors (Lipinski definition) is 1. The molecule has 0 spiro atoms. The van der Waals surface area contributed by atoms with Gasteiger partial charge in [-0.15, -0.1) is 11.3 Å². The molecular formula is C30H29NO4S2. The summed E-state index contributed by atoms with van der Waals surface area (Å²) in [5.41, 5.74) is 4.51. The molecule has 7 heteroatoms. The summed E-state index contributed by atoms with van der Waals surface area (Å²) in [4.78, 5) is 13.3. The van der Waals surface area contributed by atoms with Gasteiger partial charge in [0.2, 0.25) is 10.0 Å². The highest BCUT2D eigenvalue weighted by Crippen LogP contribution is 2.42. The maximum Gasteiger partial charge on any atom is 0.322 e. The maximum absolute atomic E-state index is 13.0. The summed E-state index contributed by atoms with van der Waals surface area (Å²) in [5.74, 6) is -0.321. The lowest BCUT2D eigenvalue weighted by atomic mass is 9.82. The molecular weight excluding hydrogens is 502 g/mol. The molecule has 1 aliphatic heterocycles. The molecule has 2 aromatic carbocycles. The molecule has 37 heavy (non-hydrogen) atoms. The molecule has 3 atom stereocenters. The average Bonchev–Trinajstić information content (AvgIpc) is 3.42. The summed E-state index contributed by atoms with van der Waals surface area (Å²) in [7, 11) is -3.81. The number of rotatable bonds is 7. The molecule has 0 radical (unpaired) electrons. The van der Waals surface area contributed by atoms with Gasteiger partial charge >= 0.3 is 5.97 Å². The Balaban J connectivity index is 1.28. The van der Waals surface area contributed by atoms with E-state index >= 15 is 0 Å². The molecule has 3 aromatic rings. The first-order chi connectivity index (χ1) is 17.8. The second-order valence-corrected chi connectivity index (χ2v) is 12.5. The number of sulfonamides is 1. The van der Waals surface area contributed by atoms with Gasteiger partial charge in [0.25, 0.3) is 0 Å². The average molecular weight is 532 g/mol. The van der Waals surface area contributed by atoms with Gasteiger partial charge in [0.05, 0.1) is 11.4 Å². The molecule has 0 bridgehead atoms. The van der Waals surface area contributed by atoms with Crippen LogP contribution in [0.5, 0.6) is 0 Å². The molecule has 1 N–H and O–H groups in total. The Kier molecular flexibility index (Phi) is 7.03. The van der Waals surface area contributed by atoms with E-state index < -0.39 is 22.0 Å². The number of hydrogen-bond acceptors (Lipinski definition) is 4. The van der Waals surface area contributed by atoms with E-state index in [1.807, 2.05) is 30.3 Å². The minimum absolute atomic E-state index is 0.111. The van der Waals surface area contributed by atoms with Crippen molar-refractivity contribution in [2.45, 2.75) is 43.7 Å². The summed E-state index contributed by atoms with van der Waals surface area (Å²) >= 11 is 1.41. The van der Waals surface area contributed by atoms with Crippen molar-refractivity contribution in [1.82, 2.24) is 4.31 Å². The fourth-order valence-electron chi connectivity index (χ4n) is 5.02. The Hall–Kier alpha value is -3.26. The summed E-state index contributed by atoms with van der Waals surface area (Å²) in [6.07, 6.45) is 11.2. The zero-order valence-corrected chi connectivity index (χ0v) is 22.4. The van der Waals surface area contributed by atoms with E-state index in [4.69, 9.17) is 0 Å². The third-order valence-electron chi connectivity index (χ3n) is 7.04. The maximum atomic E-state index is 13.0. The van der Waals surface area contributed by atoms with Crippen molar-refractivity contribution in [2.75, 3.05) is 0 Å². The number of carboxylic acid groups (broad SMARTS) is 1. The second-order valence-electron chi connectivity index (χ2n) is 9.49. The van der Waals surface area contributed by atoms with Crippen LogP contribution in [-0.4, -0.2) is 29.8 Å². The van der Waals surface area contributed by atoms with Crippen LogP contribution in [0.2, 0.25) is 0 Å². The molecule has 0 saturated carbocycles. The van der Waals surface area contributed by atoms with Gasteiger partial charge in [-0.3, -0.25) is 4.79 Å². The standard InChI is InChI=1S/C30H29NO4S2/c1-3-26(30(32)33)31-19-28-29(37(31,34)35)18-27(36-28)24-14-11-21(12-15-24)9-10-22-13-16-25(20(2)17-22)23-7-5-4-6-8-23/h4-18,20,25-26H,3,19H2,1-2H3,(H,32,33)/b10-9+. The molecule has 5 nitrogen and oxygen atoms in total. The number of fused-ring (bicyclic) bond motifs is 1. The number of benzene rings is 2. The number of allylic oxidation sites excluding steroid dienone is 5. The van der Waals surface area contributed by atoms with Crippen LogP contribution >= 0.6 is 11.3 Å². The third kappa shape index (κ3) is 4.99. The van der Waals surface area contributed by atoms with Crippen LogP contribution in [0, 0.1) is 5.92 Å². The van der Waals surface area contributed by atoms with Crippen molar-refractivity contribution in [3.05, 3.63) is 107 Å². The highest BCUT2D eigenvalue weighted by Gasteiger charge is 2.43. The Labute approximate surface area is 222 Å². The molecule has 2 aliphatic rings. The van der Waals surface area contributed by atoms with E-state index in [0.29, 0.717) is 16.7 Å². The van der Waals surface area contributed by atoms with E-state index in [1.54, 1.807) is 13.0 Å². The van der Waals surface area contributed by atoms with Crippen molar-refractivity contribution < 1.29 is 18.3 Å². The molecule has 190 valence electrons. The van der Waals surface area contributed by atoms with E-state index in [1.165, 1.54) is 22.5 Å². The summed E-state index contributed by atoms with van der Waals surface area (Å²) in [6, 6.07) is 19.2. The van der Waals surface area contributed by atoms with Crippen LogP contribution in [0.15, 0.2) is 95.4 Å². The monoisotopic (exact) mass is 531 g/mol. The Bertz CT molecular complexity index is 1500. The Morgan fingerprint density at radius 1 is 1.14 bits per heavy atom. The first kappa shape index (κ1) is 25.4. The Morgan fingerprint density at radius 2 is 1.86 bits per heavy atom. The van der Waals surface area contributed by atoms with Crippen LogP contribution in [0.3, 0.4) is 0 Å². The smallest absolute Gasteiger partial charge is 0.322 e. The van der Waals surface area contributed by atoms with Crippen molar-refractivity contribution >= 4 is 33.4 Å². The molecule has 1 aromatic heterocycles. The number of nitrogens with zero attached hydrogens (tertiary/aromatic N) is 1. The molecule has 0 amide bonds.